The zero-order valence-electron chi connectivity index (χ0n) is 13.3. The van der Waals surface area contributed by atoms with Crippen LogP contribution in [-0.4, -0.2) is 19.1 Å². The van der Waals surface area contributed by atoms with Crippen LogP contribution in [0.2, 0.25) is 0 Å². The van der Waals surface area contributed by atoms with Crippen molar-refractivity contribution >= 4 is 5.69 Å². The van der Waals surface area contributed by atoms with Crippen molar-refractivity contribution in [2.45, 2.75) is 46.2 Å². The molecule has 2 atom stereocenters. The zero-order chi connectivity index (χ0) is 14.9. The Labute approximate surface area is 122 Å². The molecule has 1 fully saturated rings. The fraction of sp³-hybridized carbons (Fsp3) is 0.647. The van der Waals surface area contributed by atoms with Crippen molar-refractivity contribution in [2.24, 2.45) is 11.8 Å². The number of halogens is 1. The lowest BCUT2D eigenvalue weighted by atomic mass is 10.1. The maximum Gasteiger partial charge on any atom is 0.146 e. The Morgan fingerprint density at radius 3 is 2.55 bits per heavy atom. The van der Waals surface area contributed by atoms with Gasteiger partial charge in [-0.2, -0.15) is 0 Å². The Morgan fingerprint density at radius 2 is 2.00 bits per heavy atom. The summed E-state index contributed by atoms with van der Waals surface area (Å²) in [6, 6.07) is 5.37. The molecular formula is C17H27FN2. The van der Waals surface area contributed by atoms with E-state index >= 15 is 0 Å². The van der Waals surface area contributed by atoms with Gasteiger partial charge < -0.3 is 10.2 Å². The average Bonchev–Trinajstić information content (AvgIpc) is 3.01. The minimum atomic E-state index is -0.117. The van der Waals surface area contributed by atoms with Gasteiger partial charge in [0.1, 0.15) is 5.82 Å². The standard InChI is InChI=1S/C17H27FN2/c1-12-9-14(12)11-20(5)16-13(7-6-8-15(16)18)10-19-17(2,3)4/h6-8,12,14,19H,9-11H2,1-5H3. The lowest BCUT2D eigenvalue weighted by Crippen LogP contribution is -2.35. The molecule has 0 spiro atoms. The number of hydrogen-bond acceptors (Lipinski definition) is 2. The molecule has 1 saturated carbocycles. The van der Waals surface area contributed by atoms with Crippen molar-refractivity contribution in [1.82, 2.24) is 5.32 Å². The van der Waals surface area contributed by atoms with E-state index in [1.165, 1.54) is 6.42 Å². The van der Waals surface area contributed by atoms with Gasteiger partial charge in [-0.05, 0) is 50.7 Å². The van der Waals surface area contributed by atoms with Gasteiger partial charge in [-0.1, -0.05) is 19.1 Å². The van der Waals surface area contributed by atoms with Crippen molar-refractivity contribution in [3.8, 4) is 0 Å². The van der Waals surface area contributed by atoms with Gasteiger partial charge in [0.05, 0.1) is 5.69 Å². The SMILES string of the molecule is CC1CC1CN(C)c1c(F)cccc1CNC(C)(C)C. The fourth-order valence-electron chi connectivity index (χ4n) is 2.59. The van der Waals surface area contributed by atoms with Crippen molar-refractivity contribution in [2.75, 3.05) is 18.5 Å². The molecule has 0 aliphatic heterocycles. The molecule has 1 aromatic carbocycles. The molecule has 2 rings (SSSR count). The van der Waals surface area contributed by atoms with E-state index in [2.05, 4.69) is 37.9 Å². The third-order valence-electron chi connectivity index (χ3n) is 4.05. The molecule has 2 nitrogen and oxygen atoms in total. The summed E-state index contributed by atoms with van der Waals surface area (Å²) in [5.74, 6) is 1.40. The van der Waals surface area contributed by atoms with Crippen LogP contribution < -0.4 is 10.2 Å². The molecule has 0 saturated heterocycles. The quantitative estimate of drug-likeness (QED) is 0.881. The molecule has 0 bridgehead atoms. The monoisotopic (exact) mass is 278 g/mol. The Morgan fingerprint density at radius 1 is 1.35 bits per heavy atom. The fourth-order valence-corrected chi connectivity index (χ4v) is 2.59. The Bertz CT molecular complexity index is 465. The van der Waals surface area contributed by atoms with Crippen LogP contribution in [-0.2, 0) is 6.54 Å². The van der Waals surface area contributed by atoms with E-state index in [0.717, 1.165) is 29.6 Å². The van der Waals surface area contributed by atoms with E-state index in [-0.39, 0.29) is 11.4 Å². The minimum Gasteiger partial charge on any atom is -0.372 e. The summed E-state index contributed by atoms with van der Waals surface area (Å²) in [5.41, 5.74) is 1.83. The molecule has 2 unspecified atom stereocenters. The van der Waals surface area contributed by atoms with Crippen LogP contribution >= 0.6 is 0 Å². The highest BCUT2D eigenvalue weighted by atomic mass is 19.1. The normalized spacial score (nSPS) is 21.9. The second kappa shape index (κ2) is 5.72. The van der Waals surface area contributed by atoms with Crippen molar-refractivity contribution in [1.29, 1.82) is 0 Å². The molecule has 1 aromatic rings. The summed E-state index contributed by atoms with van der Waals surface area (Å²) in [6.45, 7) is 10.3. The lowest BCUT2D eigenvalue weighted by molar-refractivity contribution is 0.423. The molecule has 0 amide bonds. The van der Waals surface area contributed by atoms with Gasteiger partial charge in [0.15, 0.2) is 0 Å². The number of nitrogens with zero attached hydrogens (tertiary/aromatic N) is 1. The smallest absolute Gasteiger partial charge is 0.146 e. The van der Waals surface area contributed by atoms with Crippen molar-refractivity contribution < 1.29 is 4.39 Å². The van der Waals surface area contributed by atoms with Gasteiger partial charge in [-0.25, -0.2) is 4.39 Å². The molecule has 3 heteroatoms. The van der Waals surface area contributed by atoms with Crippen LogP contribution in [0.3, 0.4) is 0 Å². The number of benzene rings is 1. The highest BCUT2D eigenvalue weighted by molar-refractivity contribution is 5.54. The molecule has 1 aliphatic carbocycles. The maximum atomic E-state index is 14.2. The van der Waals surface area contributed by atoms with Gasteiger partial charge in [0.25, 0.3) is 0 Å². The lowest BCUT2D eigenvalue weighted by Gasteiger charge is -2.26. The number of hydrogen-bond donors (Lipinski definition) is 1. The summed E-state index contributed by atoms with van der Waals surface area (Å²) < 4.78 is 14.2. The van der Waals surface area contributed by atoms with Gasteiger partial charge in [-0.3, -0.25) is 0 Å². The van der Waals surface area contributed by atoms with E-state index < -0.39 is 0 Å². The predicted molar refractivity (Wildman–Crippen MR) is 83.5 cm³/mol. The van der Waals surface area contributed by atoms with Gasteiger partial charge in [-0.15, -0.1) is 0 Å². The van der Waals surface area contributed by atoms with Crippen LogP contribution in [0.4, 0.5) is 10.1 Å². The highest BCUT2D eigenvalue weighted by Crippen LogP contribution is 2.39. The van der Waals surface area contributed by atoms with Gasteiger partial charge in [0, 0.05) is 25.7 Å². The molecule has 20 heavy (non-hydrogen) atoms. The first-order chi connectivity index (χ1) is 9.28. The number of nitrogens with one attached hydrogen (secondary N) is 1. The average molecular weight is 278 g/mol. The Kier molecular flexibility index (Phi) is 4.38. The minimum absolute atomic E-state index is 0.0349. The third-order valence-corrected chi connectivity index (χ3v) is 4.05. The summed E-state index contributed by atoms with van der Waals surface area (Å²) in [7, 11) is 2.00. The molecular weight excluding hydrogens is 251 g/mol. The van der Waals surface area contributed by atoms with Crippen LogP contribution in [0.15, 0.2) is 18.2 Å². The van der Waals surface area contributed by atoms with Gasteiger partial charge in [0.2, 0.25) is 0 Å². The molecule has 1 N–H and O–H groups in total. The predicted octanol–water partition coefficient (Wildman–Crippen LogP) is 3.81. The molecule has 0 heterocycles. The number of para-hydroxylation sites is 1. The number of rotatable bonds is 5. The van der Waals surface area contributed by atoms with Crippen LogP contribution in [0.1, 0.15) is 39.7 Å². The summed E-state index contributed by atoms with van der Waals surface area (Å²) >= 11 is 0. The van der Waals surface area contributed by atoms with E-state index in [4.69, 9.17) is 0 Å². The van der Waals surface area contributed by atoms with E-state index in [9.17, 15) is 4.39 Å². The Hall–Kier alpha value is -1.09. The maximum absolute atomic E-state index is 14.2. The van der Waals surface area contributed by atoms with E-state index in [0.29, 0.717) is 6.54 Å². The van der Waals surface area contributed by atoms with Crippen molar-refractivity contribution in [3.63, 3.8) is 0 Å². The molecule has 0 radical (unpaired) electrons. The second-order valence-corrected chi connectivity index (χ2v) is 7.20. The third kappa shape index (κ3) is 3.95. The first-order valence-electron chi connectivity index (χ1n) is 7.51. The summed E-state index contributed by atoms with van der Waals surface area (Å²) in [4.78, 5) is 2.09. The first kappa shape index (κ1) is 15.3. The zero-order valence-corrected chi connectivity index (χ0v) is 13.3. The van der Waals surface area contributed by atoms with E-state index in [1.54, 1.807) is 12.1 Å². The summed E-state index contributed by atoms with van der Waals surface area (Å²) in [5, 5.41) is 3.45. The Balaban J connectivity index is 2.13. The highest BCUT2D eigenvalue weighted by Gasteiger charge is 2.34. The second-order valence-electron chi connectivity index (χ2n) is 7.20. The van der Waals surface area contributed by atoms with Gasteiger partial charge >= 0.3 is 0 Å². The molecule has 0 aromatic heterocycles. The van der Waals surface area contributed by atoms with Crippen LogP contribution in [0.5, 0.6) is 0 Å². The van der Waals surface area contributed by atoms with Crippen molar-refractivity contribution in [3.05, 3.63) is 29.6 Å². The van der Waals surface area contributed by atoms with Crippen LogP contribution in [0.25, 0.3) is 0 Å². The first-order valence-corrected chi connectivity index (χ1v) is 7.51. The largest absolute Gasteiger partial charge is 0.372 e. The molecule has 1 aliphatic rings. The molecule has 112 valence electrons. The number of anilines is 1. The van der Waals surface area contributed by atoms with E-state index in [1.807, 2.05) is 13.1 Å². The summed E-state index contributed by atoms with van der Waals surface area (Å²) in [6.07, 6.45) is 1.27. The van der Waals surface area contributed by atoms with Crippen LogP contribution in [0, 0.1) is 17.7 Å². The topological polar surface area (TPSA) is 15.3 Å².